The molecule has 1 aliphatic carbocycles. The highest BCUT2D eigenvalue weighted by Crippen LogP contribution is 2.50. The average molecular weight is 161 g/mol. The van der Waals surface area contributed by atoms with Gasteiger partial charge in [0.25, 0.3) is 0 Å². The third kappa shape index (κ3) is 1.51. The normalized spacial score (nSPS) is 37.6. The number of aldehydes is 1. The Morgan fingerprint density at radius 3 is 2.90 bits per heavy atom. The summed E-state index contributed by atoms with van der Waals surface area (Å²) in [6.45, 7) is 2.15. The summed E-state index contributed by atoms with van der Waals surface area (Å²) in [6.07, 6.45) is 5.32. The molecular weight excluding hydrogens is 148 g/mol. The Balaban J connectivity index is 2.18. The molecule has 0 radical (unpaired) electrons. The highest BCUT2D eigenvalue weighted by Gasteiger charge is 2.52. The van der Waals surface area contributed by atoms with Crippen LogP contribution in [0.25, 0.3) is 0 Å². The molecule has 1 rings (SSSR count). The fraction of sp³-hybridized carbons (Fsp3) is 0.875. The standard InChI is InChI=1S/C8H13ClO/c1-2-3-4-7-5-8(7,9)6-10/h6-7H,2-5H2,1H3/t7-,8-/m0/s1. The van der Waals surface area contributed by atoms with E-state index in [0.29, 0.717) is 5.92 Å². The molecule has 0 aromatic heterocycles. The lowest BCUT2D eigenvalue weighted by molar-refractivity contribution is -0.108. The monoisotopic (exact) mass is 160 g/mol. The largest absolute Gasteiger partial charge is 0.301 e. The van der Waals surface area contributed by atoms with Crippen LogP contribution in [0.1, 0.15) is 32.6 Å². The van der Waals surface area contributed by atoms with Crippen LogP contribution < -0.4 is 0 Å². The van der Waals surface area contributed by atoms with Crippen molar-refractivity contribution in [1.29, 1.82) is 0 Å². The molecule has 0 bridgehead atoms. The van der Waals surface area contributed by atoms with Gasteiger partial charge >= 0.3 is 0 Å². The van der Waals surface area contributed by atoms with E-state index in [1.165, 1.54) is 12.8 Å². The Morgan fingerprint density at radius 1 is 1.80 bits per heavy atom. The molecule has 1 fully saturated rings. The maximum Gasteiger partial charge on any atom is 0.141 e. The summed E-state index contributed by atoms with van der Waals surface area (Å²) in [6, 6.07) is 0. The molecule has 0 aliphatic heterocycles. The maximum absolute atomic E-state index is 10.3. The summed E-state index contributed by atoms with van der Waals surface area (Å²) < 4.78 is 0. The highest BCUT2D eigenvalue weighted by molar-refractivity contribution is 6.34. The molecule has 1 aliphatic rings. The lowest BCUT2D eigenvalue weighted by Gasteiger charge is -1.97. The first kappa shape index (κ1) is 8.06. The summed E-state index contributed by atoms with van der Waals surface area (Å²) in [7, 11) is 0. The van der Waals surface area contributed by atoms with E-state index in [-0.39, 0.29) is 0 Å². The minimum atomic E-state index is -0.449. The summed E-state index contributed by atoms with van der Waals surface area (Å²) >= 11 is 5.86. The van der Waals surface area contributed by atoms with Gasteiger partial charge in [-0.2, -0.15) is 0 Å². The SMILES string of the molecule is CCCC[C@H]1C[C@]1(Cl)C=O. The first-order chi connectivity index (χ1) is 4.73. The predicted octanol–water partition coefficient (Wildman–Crippen LogP) is 2.37. The van der Waals surface area contributed by atoms with Crippen LogP contribution in [0.4, 0.5) is 0 Å². The van der Waals surface area contributed by atoms with Crippen molar-refractivity contribution in [3.63, 3.8) is 0 Å². The fourth-order valence-corrected chi connectivity index (χ4v) is 1.55. The van der Waals surface area contributed by atoms with Gasteiger partial charge in [0, 0.05) is 0 Å². The molecule has 10 heavy (non-hydrogen) atoms. The summed E-state index contributed by atoms with van der Waals surface area (Å²) in [4.78, 5) is 9.88. The van der Waals surface area contributed by atoms with Gasteiger partial charge < -0.3 is 4.79 Å². The van der Waals surface area contributed by atoms with E-state index in [1.807, 2.05) is 0 Å². The number of unbranched alkanes of at least 4 members (excludes halogenated alkanes) is 1. The molecule has 0 N–H and O–H groups in total. The maximum atomic E-state index is 10.3. The van der Waals surface area contributed by atoms with E-state index in [2.05, 4.69) is 6.92 Å². The van der Waals surface area contributed by atoms with E-state index in [0.717, 1.165) is 19.1 Å². The topological polar surface area (TPSA) is 17.1 Å². The van der Waals surface area contributed by atoms with E-state index in [4.69, 9.17) is 11.6 Å². The Morgan fingerprint density at radius 2 is 2.50 bits per heavy atom. The third-order valence-corrected chi connectivity index (χ3v) is 2.73. The molecule has 2 heteroatoms. The molecule has 0 aromatic carbocycles. The average Bonchev–Trinajstić information content (AvgIpc) is 2.59. The summed E-state index contributed by atoms with van der Waals surface area (Å²) in [5, 5.41) is 0. The number of hydrogen-bond donors (Lipinski definition) is 0. The second-order valence-electron chi connectivity index (χ2n) is 3.09. The van der Waals surface area contributed by atoms with E-state index < -0.39 is 4.87 Å². The van der Waals surface area contributed by atoms with Crippen molar-refractivity contribution in [3.8, 4) is 0 Å². The highest BCUT2D eigenvalue weighted by atomic mass is 35.5. The van der Waals surface area contributed by atoms with Crippen molar-refractivity contribution >= 4 is 17.9 Å². The van der Waals surface area contributed by atoms with Gasteiger partial charge in [-0.15, -0.1) is 11.6 Å². The number of hydrogen-bond acceptors (Lipinski definition) is 1. The quantitative estimate of drug-likeness (QED) is 0.456. The molecule has 1 saturated carbocycles. The third-order valence-electron chi connectivity index (χ3n) is 2.18. The van der Waals surface area contributed by atoms with Crippen LogP contribution in [0.15, 0.2) is 0 Å². The molecule has 0 unspecified atom stereocenters. The fourth-order valence-electron chi connectivity index (χ4n) is 1.26. The van der Waals surface area contributed by atoms with Gasteiger partial charge in [-0.1, -0.05) is 19.8 Å². The second kappa shape index (κ2) is 2.91. The smallest absolute Gasteiger partial charge is 0.141 e. The lowest BCUT2D eigenvalue weighted by Crippen LogP contribution is -2.03. The van der Waals surface area contributed by atoms with Gasteiger partial charge in [-0.05, 0) is 18.8 Å². The molecule has 2 atom stereocenters. The van der Waals surface area contributed by atoms with Gasteiger partial charge in [-0.25, -0.2) is 0 Å². The molecule has 0 aromatic rings. The van der Waals surface area contributed by atoms with E-state index in [1.54, 1.807) is 0 Å². The zero-order chi connectivity index (χ0) is 7.61. The molecule has 0 saturated heterocycles. The van der Waals surface area contributed by atoms with Crippen molar-refractivity contribution in [2.75, 3.05) is 0 Å². The second-order valence-corrected chi connectivity index (χ2v) is 3.79. The summed E-state index contributed by atoms with van der Waals surface area (Å²) in [5.74, 6) is 0.478. The van der Waals surface area contributed by atoms with E-state index >= 15 is 0 Å². The van der Waals surface area contributed by atoms with Crippen molar-refractivity contribution in [2.24, 2.45) is 5.92 Å². The minimum absolute atomic E-state index is 0.449. The Labute approximate surface area is 66.8 Å². The number of carbonyl (C=O) groups is 1. The molecule has 1 nitrogen and oxygen atoms in total. The van der Waals surface area contributed by atoms with Crippen LogP contribution in [0.5, 0.6) is 0 Å². The number of carbonyl (C=O) groups excluding carboxylic acids is 1. The molecular formula is C8H13ClO. The Hall–Kier alpha value is -0.0400. The van der Waals surface area contributed by atoms with Gasteiger partial charge in [0.05, 0.1) is 0 Å². The van der Waals surface area contributed by atoms with Crippen molar-refractivity contribution in [1.82, 2.24) is 0 Å². The van der Waals surface area contributed by atoms with Gasteiger partial charge in [-0.3, -0.25) is 0 Å². The van der Waals surface area contributed by atoms with Gasteiger partial charge in [0.15, 0.2) is 0 Å². The Kier molecular flexibility index (Phi) is 2.35. The summed E-state index contributed by atoms with van der Waals surface area (Å²) in [5.41, 5.74) is 0. The van der Waals surface area contributed by atoms with Crippen LogP contribution in [-0.4, -0.2) is 11.2 Å². The molecule has 0 amide bonds. The number of rotatable bonds is 4. The molecule has 0 spiro atoms. The van der Waals surface area contributed by atoms with Crippen LogP contribution in [0.3, 0.4) is 0 Å². The predicted molar refractivity (Wildman–Crippen MR) is 42.3 cm³/mol. The Bertz CT molecular complexity index is 135. The van der Waals surface area contributed by atoms with Crippen LogP contribution in [0.2, 0.25) is 0 Å². The minimum Gasteiger partial charge on any atom is -0.301 e. The van der Waals surface area contributed by atoms with E-state index in [9.17, 15) is 4.79 Å². The number of alkyl halides is 1. The van der Waals surface area contributed by atoms with Crippen molar-refractivity contribution in [2.45, 2.75) is 37.5 Å². The molecule has 58 valence electrons. The van der Waals surface area contributed by atoms with Crippen LogP contribution in [-0.2, 0) is 4.79 Å². The zero-order valence-corrected chi connectivity index (χ0v) is 7.03. The van der Waals surface area contributed by atoms with Crippen LogP contribution >= 0.6 is 11.6 Å². The number of halogens is 1. The van der Waals surface area contributed by atoms with Crippen LogP contribution in [0, 0.1) is 5.92 Å². The molecule has 0 heterocycles. The zero-order valence-electron chi connectivity index (χ0n) is 6.27. The van der Waals surface area contributed by atoms with Gasteiger partial charge in [0.2, 0.25) is 0 Å². The lowest BCUT2D eigenvalue weighted by atomic mass is 10.1. The van der Waals surface area contributed by atoms with Crippen molar-refractivity contribution in [3.05, 3.63) is 0 Å². The van der Waals surface area contributed by atoms with Crippen molar-refractivity contribution < 1.29 is 4.79 Å². The first-order valence-corrected chi connectivity index (χ1v) is 4.26. The first-order valence-electron chi connectivity index (χ1n) is 3.88. The van der Waals surface area contributed by atoms with Gasteiger partial charge in [0.1, 0.15) is 11.2 Å².